The lowest BCUT2D eigenvalue weighted by Gasteiger charge is -2.14. The molecule has 0 heterocycles. The summed E-state index contributed by atoms with van der Waals surface area (Å²) in [5.41, 5.74) is 0.848. The van der Waals surface area contributed by atoms with E-state index in [1.165, 1.54) is 6.07 Å². The van der Waals surface area contributed by atoms with Crippen LogP contribution in [0.3, 0.4) is 0 Å². The fourth-order valence-corrected chi connectivity index (χ4v) is 1.93. The average Bonchev–Trinajstić information content (AvgIpc) is 2.07. The molecule has 1 unspecified atom stereocenters. The Kier molecular flexibility index (Phi) is 4.12. The summed E-state index contributed by atoms with van der Waals surface area (Å²) in [4.78, 5) is 0. The number of benzene rings is 1. The molecule has 0 nitrogen and oxygen atoms in total. The van der Waals surface area contributed by atoms with Gasteiger partial charge in [-0.25, -0.2) is 4.39 Å². The van der Waals surface area contributed by atoms with Crippen molar-refractivity contribution in [2.45, 2.75) is 33.6 Å². The summed E-state index contributed by atoms with van der Waals surface area (Å²) in [5, 5.41) is 0. The van der Waals surface area contributed by atoms with Gasteiger partial charge in [0.05, 0.1) is 0 Å². The molecular weight excluding hydrogens is 175 g/mol. The van der Waals surface area contributed by atoms with Gasteiger partial charge in [0.25, 0.3) is 0 Å². The molecule has 0 saturated carbocycles. The fourth-order valence-electron chi connectivity index (χ4n) is 1.93. The fraction of sp³-hybridized carbons (Fsp3) is 0.538. The molecule has 0 aliphatic carbocycles. The summed E-state index contributed by atoms with van der Waals surface area (Å²) >= 11 is 0. The molecule has 1 aromatic carbocycles. The minimum atomic E-state index is -0.0666. The first-order chi connectivity index (χ1) is 6.59. The molecule has 0 radical (unpaired) electrons. The van der Waals surface area contributed by atoms with Crippen molar-refractivity contribution in [1.29, 1.82) is 0 Å². The number of hydrogen-bond acceptors (Lipinski definition) is 0. The highest BCUT2D eigenvalue weighted by atomic mass is 19.1. The molecular formula is C13H19F. The van der Waals surface area contributed by atoms with Crippen LogP contribution in [0, 0.1) is 17.7 Å². The van der Waals surface area contributed by atoms with E-state index in [-0.39, 0.29) is 5.82 Å². The number of rotatable bonds is 4. The molecule has 0 N–H and O–H groups in total. The molecule has 1 heteroatoms. The van der Waals surface area contributed by atoms with E-state index in [4.69, 9.17) is 0 Å². The lowest BCUT2D eigenvalue weighted by molar-refractivity contribution is 0.430. The summed E-state index contributed by atoms with van der Waals surface area (Å²) in [5.74, 6) is 1.19. The van der Waals surface area contributed by atoms with Gasteiger partial charge in [0.1, 0.15) is 5.82 Å². The SMILES string of the molecule is CC(C)CC(C)Cc1ccccc1F. The van der Waals surface area contributed by atoms with Crippen LogP contribution in [-0.4, -0.2) is 0 Å². The first kappa shape index (κ1) is 11.2. The van der Waals surface area contributed by atoms with Gasteiger partial charge < -0.3 is 0 Å². The Morgan fingerprint density at radius 2 is 1.79 bits per heavy atom. The second kappa shape index (κ2) is 5.14. The van der Waals surface area contributed by atoms with Crippen molar-refractivity contribution in [3.05, 3.63) is 35.6 Å². The Morgan fingerprint density at radius 3 is 2.36 bits per heavy atom. The first-order valence-corrected chi connectivity index (χ1v) is 5.33. The second-order valence-corrected chi connectivity index (χ2v) is 4.53. The second-order valence-electron chi connectivity index (χ2n) is 4.53. The van der Waals surface area contributed by atoms with Crippen molar-refractivity contribution in [3.63, 3.8) is 0 Å². The van der Waals surface area contributed by atoms with Gasteiger partial charge in [-0.1, -0.05) is 39.0 Å². The van der Waals surface area contributed by atoms with Crippen LogP contribution in [0.1, 0.15) is 32.8 Å². The van der Waals surface area contributed by atoms with E-state index in [1.807, 2.05) is 12.1 Å². The largest absolute Gasteiger partial charge is 0.207 e. The molecule has 14 heavy (non-hydrogen) atoms. The zero-order valence-corrected chi connectivity index (χ0v) is 9.26. The Balaban J connectivity index is 2.56. The average molecular weight is 194 g/mol. The maximum Gasteiger partial charge on any atom is 0.126 e. The van der Waals surface area contributed by atoms with Gasteiger partial charge in [-0.2, -0.15) is 0 Å². The van der Waals surface area contributed by atoms with Crippen molar-refractivity contribution in [2.24, 2.45) is 11.8 Å². The van der Waals surface area contributed by atoms with Crippen LogP contribution < -0.4 is 0 Å². The molecule has 0 fully saturated rings. The zero-order valence-electron chi connectivity index (χ0n) is 9.26. The maximum absolute atomic E-state index is 13.3. The molecule has 78 valence electrons. The number of halogens is 1. The van der Waals surface area contributed by atoms with Gasteiger partial charge in [-0.3, -0.25) is 0 Å². The molecule has 1 aromatic rings. The summed E-state index contributed by atoms with van der Waals surface area (Å²) in [6.07, 6.45) is 2.01. The molecule has 1 rings (SSSR count). The van der Waals surface area contributed by atoms with Crippen LogP contribution in [0.25, 0.3) is 0 Å². The summed E-state index contributed by atoms with van der Waals surface area (Å²) in [6, 6.07) is 7.07. The van der Waals surface area contributed by atoms with Gasteiger partial charge in [0.15, 0.2) is 0 Å². The molecule has 0 aliphatic rings. The van der Waals surface area contributed by atoms with E-state index >= 15 is 0 Å². The topological polar surface area (TPSA) is 0 Å². The van der Waals surface area contributed by atoms with Crippen molar-refractivity contribution < 1.29 is 4.39 Å². The van der Waals surface area contributed by atoms with Crippen LogP contribution in [0.5, 0.6) is 0 Å². The van der Waals surface area contributed by atoms with Crippen LogP contribution in [0.15, 0.2) is 24.3 Å². The zero-order chi connectivity index (χ0) is 10.6. The van der Waals surface area contributed by atoms with E-state index in [2.05, 4.69) is 20.8 Å². The predicted molar refractivity (Wildman–Crippen MR) is 58.7 cm³/mol. The van der Waals surface area contributed by atoms with Gasteiger partial charge in [0.2, 0.25) is 0 Å². The molecule has 0 bridgehead atoms. The van der Waals surface area contributed by atoms with Gasteiger partial charge in [-0.15, -0.1) is 0 Å². The lowest BCUT2D eigenvalue weighted by atomic mass is 9.92. The first-order valence-electron chi connectivity index (χ1n) is 5.33. The van der Waals surface area contributed by atoms with Crippen molar-refractivity contribution in [2.75, 3.05) is 0 Å². The molecule has 0 amide bonds. The lowest BCUT2D eigenvalue weighted by Crippen LogP contribution is -2.05. The Bertz CT molecular complexity index is 278. The van der Waals surface area contributed by atoms with E-state index in [9.17, 15) is 4.39 Å². The summed E-state index contributed by atoms with van der Waals surface area (Å²) in [6.45, 7) is 6.60. The van der Waals surface area contributed by atoms with Gasteiger partial charge in [-0.05, 0) is 36.3 Å². The highest BCUT2D eigenvalue weighted by Gasteiger charge is 2.08. The Hall–Kier alpha value is -0.850. The minimum Gasteiger partial charge on any atom is -0.207 e. The van der Waals surface area contributed by atoms with Crippen LogP contribution in [0.4, 0.5) is 4.39 Å². The Morgan fingerprint density at radius 1 is 1.14 bits per heavy atom. The minimum absolute atomic E-state index is 0.0666. The van der Waals surface area contributed by atoms with Crippen LogP contribution >= 0.6 is 0 Å². The summed E-state index contributed by atoms with van der Waals surface area (Å²) in [7, 11) is 0. The summed E-state index contributed by atoms with van der Waals surface area (Å²) < 4.78 is 13.3. The predicted octanol–water partition coefficient (Wildman–Crippen LogP) is 4.05. The molecule has 0 spiro atoms. The van der Waals surface area contributed by atoms with Crippen molar-refractivity contribution in [3.8, 4) is 0 Å². The normalized spacial score (nSPS) is 13.2. The number of hydrogen-bond donors (Lipinski definition) is 0. The van der Waals surface area contributed by atoms with Crippen molar-refractivity contribution >= 4 is 0 Å². The van der Waals surface area contributed by atoms with E-state index in [0.717, 1.165) is 18.4 Å². The van der Waals surface area contributed by atoms with E-state index in [1.54, 1.807) is 6.07 Å². The van der Waals surface area contributed by atoms with Gasteiger partial charge in [0, 0.05) is 0 Å². The quantitative estimate of drug-likeness (QED) is 0.678. The Labute approximate surface area is 86.2 Å². The maximum atomic E-state index is 13.3. The highest BCUT2D eigenvalue weighted by Crippen LogP contribution is 2.18. The van der Waals surface area contributed by atoms with Crippen molar-refractivity contribution in [1.82, 2.24) is 0 Å². The monoisotopic (exact) mass is 194 g/mol. The van der Waals surface area contributed by atoms with Crippen LogP contribution in [0.2, 0.25) is 0 Å². The van der Waals surface area contributed by atoms with E-state index in [0.29, 0.717) is 11.8 Å². The highest BCUT2D eigenvalue weighted by molar-refractivity contribution is 5.17. The smallest absolute Gasteiger partial charge is 0.126 e. The third kappa shape index (κ3) is 3.49. The third-order valence-electron chi connectivity index (χ3n) is 2.40. The van der Waals surface area contributed by atoms with Crippen LogP contribution in [-0.2, 0) is 6.42 Å². The molecule has 0 aromatic heterocycles. The third-order valence-corrected chi connectivity index (χ3v) is 2.40. The van der Waals surface area contributed by atoms with E-state index < -0.39 is 0 Å². The molecule has 0 aliphatic heterocycles. The molecule has 1 atom stereocenters. The van der Waals surface area contributed by atoms with Gasteiger partial charge >= 0.3 is 0 Å². The molecule has 0 saturated heterocycles. The standard InChI is InChI=1S/C13H19F/c1-10(2)8-11(3)9-12-6-4-5-7-13(12)14/h4-7,10-11H,8-9H2,1-3H3.